The highest BCUT2D eigenvalue weighted by Gasteiger charge is 2.24. The first-order valence-corrected chi connectivity index (χ1v) is 5.29. The summed E-state index contributed by atoms with van der Waals surface area (Å²) in [6, 6.07) is 13.6. The van der Waals surface area contributed by atoms with Crippen molar-refractivity contribution in [3.63, 3.8) is 0 Å². The van der Waals surface area contributed by atoms with Crippen LogP contribution in [-0.2, 0) is 10.4 Å². The van der Waals surface area contributed by atoms with Gasteiger partial charge in [0.05, 0.1) is 5.60 Å². The predicted molar refractivity (Wildman–Crippen MR) is 64.2 cm³/mol. The molecule has 0 bridgehead atoms. The van der Waals surface area contributed by atoms with Crippen molar-refractivity contribution in [2.24, 2.45) is 0 Å². The van der Waals surface area contributed by atoms with Crippen LogP contribution in [0.15, 0.2) is 42.5 Å². The van der Waals surface area contributed by atoms with Gasteiger partial charge in [0.15, 0.2) is 0 Å². The average molecular weight is 214 g/mol. The highest BCUT2D eigenvalue weighted by atomic mass is 16.3. The molecule has 1 N–H and O–H groups in total. The molecular formula is C14H14O2. The van der Waals surface area contributed by atoms with E-state index in [1.54, 1.807) is 6.92 Å². The first-order chi connectivity index (χ1) is 7.65. The minimum atomic E-state index is -1.09. The fourth-order valence-corrected chi connectivity index (χ4v) is 1.97. The van der Waals surface area contributed by atoms with Gasteiger partial charge in [-0.2, -0.15) is 0 Å². The number of benzene rings is 2. The SMILES string of the molecule is CC(O)(CC=O)c1cccc2ccccc12. The molecule has 2 aromatic carbocycles. The van der Waals surface area contributed by atoms with Gasteiger partial charge in [-0.25, -0.2) is 0 Å². The molecule has 0 saturated carbocycles. The molecule has 2 aromatic rings. The lowest BCUT2D eigenvalue weighted by atomic mass is 9.89. The average Bonchev–Trinajstić information content (AvgIpc) is 2.28. The predicted octanol–water partition coefficient (Wildman–Crippen LogP) is 2.64. The van der Waals surface area contributed by atoms with Gasteiger partial charge >= 0.3 is 0 Å². The van der Waals surface area contributed by atoms with E-state index in [1.165, 1.54) is 0 Å². The van der Waals surface area contributed by atoms with Crippen molar-refractivity contribution in [1.29, 1.82) is 0 Å². The summed E-state index contributed by atoms with van der Waals surface area (Å²) >= 11 is 0. The van der Waals surface area contributed by atoms with Gasteiger partial charge < -0.3 is 9.90 Å². The van der Waals surface area contributed by atoms with E-state index in [9.17, 15) is 9.90 Å². The van der Waals surface area contributed by atoms with Crippen LogP contribution in [0.1, 0.15) is 18.9 Å². The Morgan fingerprint density at radius 2 is 1.88 bits per heavy atom. The number of fused-ring (bicyclic) bond motifs is 1. The zero-order valence-corrected chi connectivity index (χ0v) is 9.18. The standard InChI is InChI=1S/C14H14O2/c1-14(16,9-10-15)13-8-4-6-11-5-2-3-7-12(11)13/h2-8,10,16H,9H2,1H3. The third kappa shape index (κ3) is 1.84. The van der Waals surface area contributed by atoms with Crippen LogP contribution in [0.3, 0.4) is 0 Å². The quantitative estimate of drug-likeness (QED) is 0.797. The number of carbonyl (C=O) groups excluding carboxylic acids is 1. The van der Waals surface area contributed by atoms with Crippen LogP contribution >= 0.6 is 0 Å². The molecule has 0 aliphatic heterocycles. The van der Waals surface area contributed by atoms with Crippen molar-refractivity contribution in [1.82, 2.24) is 0 Å². The summed E-state index contributed by atoms with van der Waals surface area (Å²) < 4.78 is 0. The number of carbonyl (C=O) groups is 1. The molecule has 0 radical (unpaired) electrons. The number of rotatable bonds is 3. The Kier molecular flexibility index (Phi) is 2.75. The van der Waals surface area contributed by atoms with Crippen molar-refractivity contribution >= 4 is 17.1 Å². The number of hydrogen-bond acceptors (Lipinski definition) is 2. The number of hydrogen-bond donors (Lipinski definition) is 1. The largest absolute Gasteiger partial charge is 0.385 e. The van der Waals surface area contributed by atoms with Crippen molar-refractivity contribution < 1.29 is 9.90 Å². The Morgan fingerprint density at radius 1 is 1.19 bits per heavy atom. The zero-order chi connectivity index (χ0) is 11.6. The third-order valence-corrected chi connectivity index (χ3v) is 2.85. The summed E-state index contributed by atoms with van der Waals surface area (Å²) in [6.45, 7) is 1.67. The Hall–Kier alpha value is -1.67. The summed E-state index contributed by atoms with van der Waals surface area (Å²) in [7, 11) is 0. The van der Waals surface area contributed by atoms with Crippen LogP contribution in [0.4, 0.5) is 0 Å². The molecule has 0 aliphatic rings. The lowest BCUT2D eigenvalue weighted by molar-refractivity contribution is -0.112. The molecule has 16 heavy (non-hydrogen) atoms. The molecule has 0 aliphatic carbocycles. The van der Waals surface area contributed by atoms with Gasteiger partial charge in [-0.3, -0.25) is 0 Å². The highest BCUT2D eigenvalue weighted by Crippen LogP contribution is 2.30. The minimum Gasteiger partial charge on any atom is -0.385 e. The molecule has 0 saturated heterocycles. The van der Waals surface area contributed by atoms with E-state index in [-0.39, 0.29) is 6.42 Å². The van der Waals surface area contributed by atoms with Crippen LogP contribution in [-0.4, -0.2) is 11.4 Å². The topological polar surface area (TPSA) is 37.3 Å². The lowest BCUT2D eigenvalue weighted by Gasteiger charge is -2.22. The van der Waals surface area contributed by atoms with E-state index in [0.717, 1.165) is 22.6 Å². The molecule has 0 heterocycles. The number of aliphatic hydroxyl groups is 1. The van der Waals surface area contributed by atoms with E-state index in [2.05, 4.69) is 0 Å². The molecule has 0 amide bonds. The smallest absolute Gasteiger partial charge is 0.123 e. The fourth-order valence-electron chi connectivity index (χ4n) is 1.97. The van der Waals surface area contributed by atoms with Crippen molar-refractivity contribution in [2.45, 2.75) is 18.9 Å². The Balaban J connectivity index is 2.64. The van der Waals surface area contributed by atoms with Crippen molar-refractivity contribution in [2.75, 3.05) is 0 Å². The van der Waals surface area contributed by atoms with E-state index < -0.39 is 5.60 Å². The van der Waals surface area contributed by atoms with Gasteiger partial charge in [-0.05, 0) is 23.3 Å². The molecular weight excluding hydrogens is 200 g/mol. The summed E-state index contributed by atoms with van der Waals surface area (Å²) in [4.78, 5) is 10.6. The molecule has 0 fully saturated rings. The Labute approximate surface area is 94.5 Å². The van der Waals surface area contributed by atoms with Crippen LogP contribution in [0.25, 0.3) is 10.8 Å². The summed E-state index contributed by atoms with van der Waals surface area (Å²) in [5, 5.41) is 12.3. The second-order valence-corrected chi connectivity index (χ2v) is 4.17. The lowest BCUT2D eigenvalue weighted by Crippen LogP contribution is -2.21. The van der Waals surface area contributed by atoms with Crippen LogP contribution in [0.5, 0.6) is 0 Å². The van der Waals surface area contributed by atoms with Gasteiger partial charge in [-0.1, -0.05) is 42.5 Å². The fraction of sp³-hybridized carbons (Fsp3) is 0.214. The van der Waals surface area contributed by atoms with Gasteiger partial charge in [0.25, 0.3) is 0 Å². The maximum atomic E-state index is 10.6. The maximum absolute atomic E-state index is 10.6. The second-order valence-electron chi connectivity index (χ2n) is 4.17. The Bertz CT molecular complexity index is 510. The van der Waals surface area contributed by atoms with Gasteiger partial charge in [0.1, 0.15) is 6.29 Å². The molecule has 2 nitrogen and oxygen atoms in total. The summed E-state index contributed by atoms with van der Waals surface area (Å²) in [5.41, 5.74) is -0.291. The number of aldehydes is 1. The van der Waals surface area contributed by atoms with Crippen molar-refractivity contribution in [3.05, 3.63) is 48.0 Å². The van der Waals surface area contributed by atoms with Crippen LogP contribution < -0.4 is 0 Å². The Morgan fingerprint density at radius 3 is 2.62 bits per heavy atom. The molecule has 2 rings (SSSR count). The highest BCUT2D eigenvalue weighted by molar-refractivity contribution is 5.86. The van der Waals surface area contributed by atoms with E-state index >= 15 is 0 Å². The monoisotopic (exact) mass is 214 g/mol. The van der Waals surface area contributed by atoms with E-state index in [4.69, 9.17) is 0 Å². The first kappa shape index (κ1) is 10.8. The third-order valence-electron chi connectivity index (χ3n) is 2.85. The molecule has 1 atom stereocenters. The molecule has 82 valence electrons. The van der Waals surface area contributed by atoms with E-state index in [1.807, 2.05) is 42.5 Å². The van der Waals surface area contributed by atoms with Gasteiger partial charge in [0.2, 0.25) is 0 Å². The first-order valence-electron chi connectivity index (χ1n) is 5.29. The molecule has 2 heteroatoms. The molecule has 0 spiro atoms. The van der Waals surface area contributed by atoms with Crippen LogP contribution in [0.2, 0.25) is 0 Å². The molecule has 1 unspecified atom stereocenters. The maximum Gasteiger partial charge on any atom is 0.123 e. The normalized spacial score (nSPS) is 14.6. The van der Waals surface area contributed by atoms with Gasteiger partial charge in [-0.15, -0.1) is 0 Å². The van der Waals surface area contributed by atoms with E-state index in [0.29, 0.717) is 0 Å². The van der Waals surface area contributed by atoms with Crippen LogP contribution in [0, 0.1) is 0 Å². The summed E-state index contributed by atoms with van der Waals surface area (Å²) in [5.74, 6) is 0. The summed E-state index contributed by atoms with van der Waals surface area (Å²) in [6.07, 6.45) is 0.864. The zero-order valence-electron chi connectivity index (χ0n) is 9.18. The minimum absolute atomic E-state index is 0.112. The second kappa shape index (κ2) is 4.06. The molecule has 0 aromatic heterocycles. The van der Waals surface area contributed by atoms with Crippen molar-refractivity contribution in [3.8, 4) is 0 Å². The van der Waals surface area contributed by atoms with Gasteiger partial charge in [0, 0.05) is 6.42 Å².